The molecule has 5 aromatic rings. The fourth-order valence-corrected chi connectivity index (χ4v) is 4.78. The van der Waals surface area contributed by atoms with Gasteiger partial charge in [0.2, 0.25) is 5.95 Å². The van der Waals surface area contributed by atoms with Gasteiger partial charge in [-0.1, -0.05) is 6.07 Å². The summed E-state index contributed by atoms with van der Waals surface area (Å²) in [5.41, 5.74) is 5.98. The number of nitrogens with zero attached hydrogens (tertiary/aromatic N) is 4. The van der Waals surface area contributed by atoms with Gasteiger partial charge in [0, 0.05) is 47.2 Å². The number of aromatic amines is 1. The Morgan fingerprint density at radius 1 is 1.03 bits per heavy atom. The van der Waals surface area contributed by atoms with Crippen LogP contribution in [0.25, 0.3) is 33.2 Å². The van der Waals surface area contributed by atoms with Gasteiger partial charge in [0.1, 0.15) is 12.4 Å². The second-order valence-electron chi connectivity index (χ2n) is 8.94. The highest BCUT2D eigenvalue weighted by Gasteiger charge is 2.20. The highest BCUT2D eigenvalue weighted by atomic mass is 16.5. The molecule has 0 atom stereocenters. The Morgan fingerprint density at radius 3 is 2.69 bits per heavy atom. The van der Waals surface area contributed by atoms with Crippen LogP contribution in [0.1, 0.15) is 5.56 Å². The molecule has 4 heterocycles. The number of aromatic nitrogens is 4. The van der Waals surface area contributed by atoms with Crippen molar-refractivity contribution >= 4 is 39.8 Å². The van der Waals surface area contributed by atoms with Gasteiger partial charge in [0.15, 0.2) is 17.1 Å². The zero-order valence-electron chi connectivity index (χ0n) is 21.6. The normalized spacial score (nSPS) is 12.9. The van der Waals surface area contributed by atoms with Gasteiger partial charge in [-0.3, -0.25) is 10.3 Å². The number of fused-ring (bicyclic) bond motifs is 3. The Labute approximate surface area is 223 Å². The maximum atomic E-state index is 11.5. The second-order valence-corrected chi connectivity index (χ2v) is 8.94. The molecule has 1 aliphatic heterocycles. The maximum absolute atomic E-state index is 11.5. The van der Waals surface area contributed by atoms with Crippen LogP contribution in [0.15, 0.2) is 54.9 Å². The predicted octanol–water partition coefficient (Wildman–Crippen LogP) is 4.77. The van der Waals surface area contributed by atoms with Crippen molar-refractivity contribution in [3.63, 3.8) is 0 Å². The number of hydrogen-bond donors (Lipinski definition) is 2. The molecule has 0 bridgehead atoms. The minimum atomic E-state index is -0.607. The van der Waals surface area contributed by atoms with Crippen LogP contribution in [0.4, 0.5) is 16.4 Å². The lowest BCUT2D eigenvalue weighted by Gasteiger charge is -2.24. The van der Waals surface area contributed by atoms with Crippen molar-refractivity contribution in [3.8, 4) is 28.4 Å². The first kappa shape index (κ1) is 24.3. The van der Waals surface area contributed by atoms with E-state index in [0.717, 1.165) is 39.0 Å². The Morgan fingerprint density at radius 2 is 1.87 bits per heavy atom. The standard InChI is InChI=1S/C28H26N6O5/c1-36-24-12-19-20(13-25(24)37-2)29-7-6-22(19)34-8-9-39-23-5-4-16(10-18(23)15-34)17-11-21-26(30-14-17)32-27(31-21)33-28(35)38-3/h4-7,10-14H,8-9,15H2,1-3H3,(H2,30,31,32,33,35). The number of nitrogens with one attached hydrogen (secondary N) is 2. The van der Waals surface area contributed by atoms with Crippen LogP contribution in [0.3, 0.4) is 0 Å². The number of carbonyl (C=O) groups excluding carboxylic acids is 1. The minimum Gasteiger partial charge on any atom is -0.493 e. The van der Waals surface area contributed by atoms with Crippen LogP contribution in [-0.4, -0.2) is 60.5 Å². The van der Waals surface area contributed by atoms with Gasteiger partial charge in [0.25, 0.3) is 0 Å². The molecule has 1 amide bonds. The number of methoxy groups -OCH3 is 3. The third-order valence-corrected chi connectivity index (χ3v) is 6.68. The number of carbonyl (C=O) groups is 1. The number of benzene rings is 2. The molecule has 0 spiro atoms. The van der Waals surface area contributed by atoms with E-state index in [4.69, 9.17) is 14.2 Å². The number of rotatable bonds is 5. The third-order valence-electron chi connectivity index (χ3n) is 6.68. The zero-order valence-corrected chi connectivity index (χ0v) is 21.6. The molecule has 3 aromatic heterocycles. The average Bonchev–Trinajstić information content (AvgIpc) is 3.24. The van der Waals surface area contributed by atoms with Crippen molar-refractivity contribution in [2.45, 2.75) is 6.54 Å². The zero-order chi connectivity index (χ0) is 26.9. The van der Waals surface area contributed by atoms with Crippen LogP contribution in [0, 0.1) is 0 Å². The Balaban J connectivity index is 1.34. The molecule has 2 aromatic carbocycles. The lowest BCUT2D eigenvalue weighted by atomic mass is 10.0. The SMILES string of the molecule is COC(=O)Nc1nc2ncc(-c3ccc4c(c3)CN(c3ccnc5cc(OC)c(OC)cc35)CCO4)cc2[nH]1. The molecule has 11 heteroatoms. The largest absolute Gasteiger partial charge is 0.493 e. The van der Waals surface area contributed by atoms with Crippen molar-refractivity contribution in [1.82, 2.24) is 19.9 Å². The third kappa shape index (κ3) is 4.58. The quantitative estimate of drug-likeness (QED) is 0.333. The molecule has 0 saturated heterocycles. The topological polar surface area (TPSA) is 124 Å². The van der Waals surface area contributed by atoms with E-state index in [0.29, 0.717) is 42.4 Å². The fourth-order valence-electron chi connectivity index (χ4n) is 4.78. The van der Waals surface area contributed by atoms with Gasteiger partial charge in [-0.15, -0.1) is 0 Å². The molecule has 0 fully saturated rings. The van der Waals surface area contributed by atoms with E-state index in [-0.39, 0.29) is 5.95 Å². The van der Waals surface area contributed by atoms with E-state index < -0.39 is 6.09 Å². The van der Waals surface area contributed by atoms with Gasteiger partial charge < -0.3 is 28.8 Å². The summed E-state index contributed by atoms with van der Waals surface area (Å²) in [4.78, 5) is 30.2. The molecule has 39 heavy (non-hydrogen) atoms. The van der Waals surface area contributed by atoms with Crippen LogP contribution >= 0.6 is 0 Å². The first-order chi connectivity index (χ1) is 19.1. The van der Waals surface area contributed by atoms with Crippen molar-refractivity contribution in [2.24, 2.45) is 0 Å². The van der Waals surface area contributed by atoms with E-state index in [1.165, 1.54) is 7.11 Å². The Hall–Kier alpha value is -5.06. The lowest BCUT2D eigenvalue weighted by Crippen LogP contribution is -2.25. The molecule has 0 unspecified atom stereocenters. The molecular formula is C28H26N6O5. The monoisotopic (exact) mass is 526 g/mol. The van der Waals surface area contributed by atoms with E-state index in [2.05, 4.69) is 41.0 Å². The summed E-state index contributed by atoms with van der Waals surface area (Å²) in [7, 11) is 4.54. The van der Waals surface area contributed by atoms with Gasteiger partial charge >= 0.3 is 6.09 Å². The molecule has 198 valence electrons. The minimum absolute atomic E-state index is 0.270. The number of amides is 1. The predicted molar refractivity (Wildman–Crippen MR) is 147 cm³/mol. The Kier molecular flexibility index (Phi) is 6.23. The lowest BCUT2D eigenvalue weighted by molar-refractivity contribution is 0.186. The van der Waals surface area contributed by atoms with Gasteiger partial charge in [-0.25, -0.2) is 9.78 Å². The van der Waals surface area contributed by atoms with E-state index in [9.17, 15) is 4.79 Å². The molecule has 6 rings (SSSR count). The average molecular weight is 527 g/mol. The van der Waals surface area contributed by atoms with Crippen LogP contribution in [0.2, 0.25) is 0 Å². The summed E-state index contributed by atoms with van der Waals surface area (Å²) in [5, 5.41) is 3.50. The molecule has 0 radical (unpaired) electrons. The number of pyridine rings is 2. The molecule has 11 nitrogen and oxygen atoms in total. The first-order valence-electron chi connectivity index (χ1n) is 12.3. The summed E-state index contributed by atoms with van der Waals surface area (Å²) >= 11 is 0. The van der Waals surface area contributed by atoms with Gasteiger partial charge in [-0.2, -0.15) is 4.98 Å². The summed E-state index contributed by atoms with van der Waals surface area (Å²) < 4.78 is 21.8. The number of hydrogen-bond acceptors (Lipinski definition) is 9. The summed E-state index contributed by atoms with van der Waals surface area (Å²) in [5.74, 6) is 2.41. The smallest absolute Gasteiger partial charge is 0.413 e. The maximum Gasteiger partial charge on any atom is 0.413 e. The number of ether oxygens (including phenoxy) is 4. The van der Waals surface area contributed by atoms with Crippen molar-refractivity contribution < 1.29 is 23.7 Å². The highest BCUT2D eigenvalue weighted by Crippen LogP contribution is 2.38. The van der Waals surface area contributed by atoms with E-state index in [1.54, 1.807) is 26.6 Å². The fraction of sp³-hybridized carbons (Fsp3) is 0.214. The van der Waals surface area contributed by atoms with Crippen LogP contribution in [0.5, 0.6) is 17.2 Å². The molecule has 1 aliphatic rings. The number of anilines is 2. The number of imidazole rings is 1. The van der Waals surface area contributed by atoms with Crippen LogP contribution in [-0.2, 0) is 11.3 Å². The van der Waals surface area contributed by atoms with Gasteiger partial charge in [0.05, 0.1) is 38.9 Å². The molecule has 0 saturated carbocycles. The van der Waals surface area contributed by atoms with E-state index >= 15 is 0 Å². The number of H-pyrrole nitrogens is 1. The molecule has 0 aliphatic carbocycles. The van der Waals surface area contributed by atoms with E-state index in [1.807, 2.05) is 36.4 Å². The molecule has 2 N–H and O–H groups in total. The molecular weight excluding hydrogens is 500 g/mol. The summed E-state index contributed by atoms with van der Waals surface area (Å²) in [6.07, 6.45) is 2.96. The summed E-state index contributed by atoms with van der Waals surface area (Å²) in [6, 6.07) is 13.9. The first-order valence-corrected chi connectivity index (χ1v) is 12.3. The van der Waals surface area contributed by atoms with Crippen molar-refractivity contribution in [1.29, 1.82) is 0 Å². The summed E-state index contributed by atoms with van der Waals surface area (Å²) in [6.45, 7) is 1.89. The second kappa shape index (κ2) is 10.0. The van der Waals surface area contributed by atoms with Crippen LogP contribution < -0.4 is 24.4 Å². The van der Waals surface area contributed by atoms with Gasteiger partial charge in [-0.05, 0) is 35.9 Å². The van der Waals surface area contributed by atoms with Crippen molar-refractivity contribution in [2.75, 3.05) is 44.7 Å². The Bertz CT molecular complexity index is 1700. The highest BCUT2D eigenvalue weighted by molar-refractivity contribution is 5.94. The van der Waals surface area contributed by atoms with Crippen molar-refractivity contribution in [3.05, 3.63) is 60.4 Å².